The topological polar surface area (TPSA) is 44.8 Å². The Morgan fingerprint density at radius 2 is 1.20 bits per heavy atom. The first kappa shape index (κ1) is 26.2. The van der Waals surface area contributed by atoms with E-state index in [1.807, 2.05) is 30.3 Å². The molecule has 0 aliphatic rings. The quantitative estimate of drug-likeness (QED) is 0.123. The molecule has 0 heterocycles. The highest BCUT2D eigenvalue weighted by Gasteiger charge is 2.01. The molecule has 0 unspecified atom stereocenters. The van der Waals surface area contributed by atoms with Gasteiger partial charge in [0.05, 0.1) is 26.4 Å². The molecule has 4 nitrogen and oxygen atoms in total. The Bertz CT molecular complexity index is 994. The van der Waals surface area contributed by atoms with Gasteiger partial charge in [-0.25, -0.2) is 4.79 Å². The average molecular weight is 473 g/mol. The zero-order valence-corrected chi connectivity index (χ0v) is 20.5. The lowest BCUT2D eigenvalue weighted by atomic mass is 10.0. The van der Waals surface area contributed by atoms with Crippen LogP contribution in [0.1, 0.15) is 49.7 Å². The van der Waals surface area contributed by atoms with Crippen LogP contribution in [-0.2, 0) is 27.5 Å². The monoisotopic (exact) mass is 472 g/mol. The van der Waals surface area contributed by atoms with Crippen LogP contribution in [0.5, 0.6) is 5.75 Å². The molecule has 0 atom stereocenters. The summed E-state index contributed by atoms with van der Waals surface area (Å²) in [5, 5.41) is 0. The molecule has 184 valence electrons. The number of carbonyl (C=O) groups is 1. The second kappa shape index (κ2) is 15.5. The van der Waals surface area contributed by atoms with Crippen LogP contribution in [0.15, 0.2) is 91.5 Å². The molecule has 0 aliphatic heterocycles. The van der Waals surface area contributed by atoms with Crippen LogP contribution in [0.25, 0.3) is 11.1 Å². The first-order valence-corrected chi connectivity index (χ1v) is 12.5. The molecule has 0 amide bonds. The summed E-state index contributed by atoms with van der Waals surface area (Å²) in [5.74, 6) is 0.567. The fourth-order valence-corrected chi connectivity index (χ4v) is 3.73. The fourth-order valence-electron chi connectivity index (χ4n) is 3.73. The molecule has 3 rings (SSSR count). The summed E-state index contributed by atoms with van der Waals surface area (Å²) in [6, 6.07) is 27.0. The first-order valence-electron chi connectivity index (χ1n) is 12.5. The number of unbranched alkanes of at least 4 members (excludes halogenated alkanes) is 5. The van der Waals surface area contributed by atoms with E-state index in [0.29, 0.717) is 19.8 Å². The molecule has 0 saturated heterocycles. The Labute approximate surface area is 209 Å². The number of hydrogen-bond acceptors (Lipinski definition) is 4. The van der Waals surface area contributed by atoms with Gasteiger partial charge in [0, 0.05) is 6.08 Å². The van der Waals surface area contributed by atoms with Gasteiger partial charge in [-0.15, -0.1) is 0 Å². The van der Waals surface area contributed by atoms with Crippen LogP contribution >= 0.6 is 0 Å². The van der Waals surface area contributed by atoms with Crippen LogP contribution in [0.4, 0.5) is 0 Å². The third-order valence-electron chi connectivity index (χ3n) is 5.74. The van der Waals surface area contributed by atoms with Crippen LogP contribution in [0.2, 0.25) is 0 Å². The lowest BCUT2D eigenvalue weighted by Crippen LogP contribution is -2.01. The second-order valence-corrected chi connectivity index (χ2v) is 8.54. The maximum absolute atomic E-state index is 11.0. The highest BCUT2D eigenvalue weighted by Crippen LogP contribution is 2.23. The number of benzene rings is 3. The Hall–Kier alpha value is -3.37. The van der Waals surface area contributed by atoms with Crippen molar-refractivity contribution in [1.82, 2.24) is 0 Å². The summed E-state index contributed by atoms with van der Waals surface area (Å²) in [5.41, 5.74) is 4.71. The van der Waals surface area contributed by atoms with E-state index >= 15 is 0 Å². The Balaban J connectivity index is 1.28. The van der Waals surface area contributed by atoms with Gasteiger partial charge >= 0.3 is 5.97 Å². The van der Waals surface area contributed by atoms with E-state index in [1.54, 1.807) is 0 Å². The molecule has 0 spiro atoms. The van der Waals surface area contributed by atoms with E-state index in [1.165, 1.54) is 34.8 Å². The van der Waals surface area contributed by atoms with Crippen molar-refractivity contribution < 1.29 is 19.0 Å². The van der Waals surface area contributed by atoms with Crippen molar-refractivity contribution in [3.8, 4) is 16.9 Å². The van der Waals surface area contributed by atoms with Crippen molar-refractivity contribution in [3.63, 3.8) is 0 Å². The van der Waals surface area contributed by atoms with Crippen LogP contribution in [0.3, 0.4) is 0 Å². The number of hydrogen-bond donors (Lipinski definition) is 0. The molecular formula is C31H36O4. The zero-order valence-electron chi connectivity index (χ0n) is 20.5. The molecular weight excluding hydrogens is 436 g/mol. The van der Waals surface area contributed by atoms with Crippen molar-refractivity contribution >= 4 is 5.97 Å². The van der Waals surface area contributed by atoms with Crippen molar-refractivity contribution in [2.45, 2.75) is 51.7 Å². The van der Waals surface area contributed by atoms with Gasteiger partial charge in [-0.1, -0.05) is 99.0 Å². The second-order valence-electron chi connectivity index (χ2n) is 8.54. The van der Waals surface area contributed by atoms with E-state index < -0.39 is 0 Å². The number of carbonyl (C=O) groups excluding carboxylic acids is 1. The number of ether oxygens (including phenoxy) is 3. The van der Waals surface area contributed by atoms with Gasteiger partial charge in [-0.2, -0.15) is 0 Å². The number of rotatable bonds is 16. The molecule has 0 radical (unpaired) electrons. The van der Waals surface area contributed by atoms with E-state index in [9.17, 15) is 4.79 Å². The number of esters is 1. The lowest BCUT2D eigenvalue weighted by Gasteiger charge is -2.09. The SMILES string of the molecule is C=CC(=O)OCCCCCCCCOc1ccc(-c2ccc(COCc3ccccc3)cc2)cc1. The largest absolute Gasteiger partial charge is 0.494 e. The highest BCUT2D eigenvalue weighted by atomic mass is 16.5. The van der Waals surface area contributed by atoms with Crippen LogP contribution < -0.4 is 4.74 Å². The molecule has 0 aliphatic carbocycles. The minimum absolute atomic E-state index is 0.339. The maximum atomic E-state index is 11.0. The third kappa shape index (κ3) is 10.2. The van der Waals surface area contributed by atoms with Crippen LogP contribution in [-0.4, -0.2) is 19.2 Å². The predicted octanol–water partition coefficient (Wildman–Crippen LogP) is 7.52. The van der Waals surface area contributed by atoms with Gasteiger partial charge in [-0.3, -0.25) is 0 Å². The van der Waals surface area contributed by atoms with Crippen molar-refractivity contribution in [2.75, 3.05) is 13.2 Å². The van der Waals surface area contributed by atoms with Crippen LogP contribution in [0, 0.1) is 0 Å². The molecule has 35 heavy (non-hydrogen) atoms. The third-order valence-corrected chi connectivity index (χ3v) is 5.74. The summed E-state index contributed by atoms with van der Waals surface area (Å²) in [6.07, 6.45) is 7.70. The van der Waals surface area contributed by atoms with E-state index in [4.69, 9.17) is 14.2 Å². The molecule has 0 aromatic heterocycles. The van der Waals surface area contributed by atoms with Gasteiger partial charge in [0.1, 0.15) is 5.75 Å². The summed E-state index contributed by atoms with van der Waals surface area (Å²) in [7, 11) is 0. The van der Waals surface area contributed by atoms with E-state index in [-0.39, 0.29) is 5.97 Å². The molecule has 3 aromatic rings. The van der Waals surface area contributed by atoms with E-state index in [0.717, 1.165) is 44.5 Å². The van der Waals surface area contributed by atoms with Crippen molar-refractivity contribution in [1.29, 1.82) is 0 Å². The fraction of sp³-hybridized carbons (Fsp3) is 0.323. The van der Waals surface area contributed by atoms with Crippen molar-refractivity contribution in [2.24, 2.45) is 0 Å². The first-order chi connectivity index (χ1) is 17.2. The molecule has 0 bridgehead atoms. The van der Waals surface area contributed by atoms with E-state index in [2.05, 4.69) is 55.1 Å². The zero-order chi connectivity index (χ0) is 24.6. The summed E-state index contributed by atoms with van der Waals surface area (Å²) >= 11 is 0. The minimum atomic E-state index is -0.339. The summed E-state index contributed by atoms with van der Waals surface area (Å²) in [4.78, 5) is 11.0. The molecule has 0 saturated carbocycles. The molecule has 4 heteroatoms. The average Bonchev–Trinajstić information content (AvgIpc) is 2.91. The highest BCUT2D eigenvalue weighted by molar-refractivity contribution is 5.81. The lowest BCUT2D eigenvalue weighted by molar-refractivity contribution is -0.137. The molecule has 0 N–H and O–H groups in total. The minimum Gasteiger partial charge on any atom is -0.494 e. The predicted molar refractivity (Wildman–Crippen MR) is 141 cm³/mol. The Morgan fingerprint density at radius 3 is 1.83 bits per heavy atom. The van der Waals surface area contributed by atoms with Crippen molar-refractivity contribution in [3.05, 3.63) is 103 Å². The van der Waals surface area contributed by atoms with Gasteiger partial charge in [0.15, 0.2) is 0 Å². The Morgan fingerprint density at radius 1 is 0.657 bits per heavy atom. The maximum Gasteiger partial charge on any atom is 0.330 e. The van der Waals surface area contributed by atoms with Gasteiger partial charge < -0.3 is 14.2 Å². The summed E-state index contributed by atoms with van der Waals surface area (Å²) < 4.78 is 16.7. The van der Waals surface area contributed by atoms with Gasteiger partial charge in [0.25, 0.3) is 0 Å². The standard InChI is InChI=1S/C31H36O4/c1-2-31(32)35-23-11-6-4-3-5-10-22-34-30-20-18-29(19-21-30)28-16-14-27(15-17-28)25-33-24-26-12-8-7-9-13-26/h2,7-9,12-21H,1,3-6,10-11,22-25H2. The summed E-state index contributed by atoms with van der Waals surface area (Å²) in [6.45, 7) is 5.83. The normalized spacial score (nSPS) is 10.6. The van der Waals surface area contributed by atoms with Gasteiger partial charge in [0.2, 0.25) is 0 Å². The molecule has 3 aromatic carbocycles. The Kier molecular flexibility index (Phi) is 11.6. The van der Waals surface area contributed by atoms with Gasteiger partial charge in [-0.05, 0) is 47.2 Å². The smallest absolute Gasteiger partial charge is 0.330 e. The molecule has 0 fully saturated rings.